The van der Waals surface area contributed by atoms with E-state index in [1.165, 1.54) is 0 Å². The van der Waals surface area contributed by atoms with Gasteiger partial charge in [-0.05, 0) is 42.0 Å². The molecule has 0 spiro atoms. The molecule has 2 rings (SSSR count). The van der Waals surface area contributed by atoms with Gasteiger partial charge in [0.1, 0.15) is 12.3 Å². The summed E-state index contributed by atoms with van der Waals surface area (Å²) in [5.41, 5.74) is 0.784. The van der Waals surface area contributed by atoms with E-state index < -0.39 is 11.1 Å². The lowest BCUT2D eigenvalue weighted by molar-refractivity contribution is -0.129. The number of hydrogen-bond donors (Lipinski definition) is 1. The fraction of sp³-hybridized carbons (Fsp3) is 0.312. The van der Waals surface area contributed by atoms with Gasteiger partial charge in [-0.15, -0.1) is 0 Å². The Morgan fingerprint density at radius 2 is 2.00 bits per heavy atom. The number of rotatable bonds is 6. The summed E-state index contributed by atoms with van der Waals surface area (Å²) in [6, 6.07) is 7.13. The highest BCUT2D eigenvalue weighted by Gasteiger charge is 2.36. The summed E-state index contributed by atoms with van der Waals surface area (Å²) in [6.07, 6.45) is 2.43. The van der Waals surface area contributed by atoms with Crippen LogP contribution in [0.4, 0.5) is 4.79 Å². The molecular formula is C16H18N2O4S. The molecular weight excluding hydrogens is 316 g/mol. The first-order valence-corrected chi connectivity index (χ1v) is 8.03. The molecule has 1 aliphatic rings. The minimum atomic E-state index is -0.442. The Bertz CT molecular complexity index is 640. The quantitative estimate of drug-likeness (QED) is 0.808. The highest BCUT2D eigenvalue weighted by Crippen LogP contribution is 2.32. The second-order valence-electron chi connectivity index (χ2n) is 4.89. The zero-order chi connectivity index (χ0) is 16.8. The third kappa shape index (κ3) is 4.35. The molecule has 1 saturated heterocycles. The van der Waals surface area contributed by atoms with Crippen molar-refractivity contribution in [2.24, 2.45) is 0 Å². The largest absolute Gasteiger partial charge is 0.497 e. The summed E-state index contributed by atoms with van der Waals surface area (Å²) < 4.78 is 5.07. The van der Waals surface area contributed by atoms with Gasteiger partial charge in [-0.1, -0.05) is 19.1 Å². The molecule has 23 heavy (non-hydrogen) atoms. The molecule has 1 aliphatic heterocycles. The number of methoxy groups -OCH3 is 1. The Morgan fingerprint density at radius 1 is 1.30 bits per heavy atom. The van der Waals surface area contributed by atoms with Crippen molar-refractivity contribution in [3.05, 3.63) is 34.7 Å². The normalized spacial score (nSPS) is 16.1. The van der Waals surface area contributed by atoms with Crippen molar-refractivity contribution < 1.29 is 19.1 Å². The van der Waals surface area contributed by atoms with Crippen LogP contribution in [-0.2, 0) is 9.59 Å². The van der Waals surface area contributed by atoms with Crippen LogP contribution in [0.25, 0.3) is 6.08 Å². The predicted octanol–water partition coefficient (Wildman–Crippen LogP) is 2.26. The number of ether oxygens (including phenoxy) is 1. The van der Waals surface area contributed by atoms with Crippen molar-refractivity contribution >= 4 is 34.9 Å². The molecule has 0 unspecified atom stereocenters. The molecule has 6 nitrogen and oxygen atoms in total. The standard InChI is InChI=1S/C16H18N2O4S/c1-3-8-17-14(19)10-18-15(20)13(23-16(18)21)9-11-4-6-12(22-2)7-5-11/h4-7,9H,3,8,10H2,1-2H3,(H,17,19)/b13-9-. The van der Waals surface area contributed by atoms with Crippen LogP contribution in [0.2, 0.25) is 0 Å². The van der Waals surface area contributed by atoms with E-state index in [-0.39, 0.29) is 12.5 Å². The lowest BCUT2D eigenvalue weighted by atomic mass is 10.2. The van der Waals surface area contributed by atoms with E-state index in [0.717, 1.165) is 28.6 Å². The fourth-order valence-corrected chi connectivity index (χ4v) is 2.79. The third-order valence-electron chi connectivity index (χ3n) is 3.16. The first-order chi connectivity index (χ1) is 11.0. The monoisotopic (exact) mass is 334 g/mol. The number of nitrogens with one attached hydrogen (secondary N) is 1. The maximum Gasteiger partial charge on any atom is 0.294 e. The summed E-state index contributed by atoms with van der Waals surface area (Å²) in [5.74, 6) is -0.0647. The van der Waals surface area contributed by atoms with Crippen LogP contribution in [0, 0.1) is 0 Å². The molecule has 0 aliphatic carbocycles. The van der Waals surface area contributed by atoms with E-state index in [1.807, 2.05) is 6.92 Å². The smallest absolute Gasteiger partial charge is 0.294 e. The molecule has 122 valence electrons. The Kier molecular flexibility index (Phi) is 5.81. The molecule has 0 atom stereocenters. The molecule has 1 N–H and O–H groups in total. The summed E-state index contributed by atoms with van der Waals surface area (Å²) in [4.78, 5) is 37.1. The number of nitrogens with zero attached hydrogens (tertiary/aromatic N) is 1. The Balaban J connectivity index is 2.07. The number of thioether (sulfide) groups is 1. The number of hydrogen-bond acceptors (Lipinski definition) is 5. The summed E-state index contributed by atoms with van der Waals surface area (Å²) >= 11 is 0.840. The molecule has 0 saturated carbocycles. The number of imide groups is 1. The van der Waals surface area contributed by atoms with Gasteiger partial charge in [-0.25, -0.2) is 0 Å². The summed E-state index contributed by atoms with van der Waals surface area (Å²) in [6.45, 7) is 2.21. The van der Waals surface area contributed by atoms with Crippen molar-refractivity contribution in [3.8, 4) is 5.75 Å². The maximum atomic E-state index is 12.3. The van der Waals surface area contributed by atoms with Gasteiger partial charge in [0.05, 0.1) is 12.0 Å². The van der Waals surface area contributed by atoms with Crippen LogP contribution >= 0.6 is 11.8 Å². The van der Waals surface area contributed by atoms with Gasteiger partial charge < -0.3 is 10.1 Å². The Morgan fingerprint density at radius 3 is 2.61 bits per heavy atom. The molecule has 3 amide bonds. The SMILES string of the molecule is CCCNC(=O)CN1C(=O)S/C(=C\c2ccc(OC)cc2)C1=O. The van der Waals surface area contributed by atoms with Gasteiger partial charge in [0.15, 0.2) is 0 Å². The number of benzene rings is 1. The van der Waals surface area contributed by atoms with Gasteiger partial charge >= 0.3 is 0 Å². The van der Waals surface area contributed by atoms with E-state index in [9.17, 15) is 14.4 Å². The Labute approximate surface area is 138 Å². The van der Waals surface area contributed by atoms with Crippen molar-refractivity contribution in [1.82, 2.24) is 10.2 Å². The van der Waals surface area contributed by atoms with E-state index in [4.69, 9.17) is 4.74 Å². The third-order valence-corrected chi connectivity index (χ3v) is 4.07. The lowest BCUT2D eigenvalue weighted by Crippen LogP contribution is -2.39. The van der Waals surface area contributed by atoms with Crippen LogP contribution in [0.3, 0.4) is 0 Å². The average Bonchev–Trinajstić information content (AvgIpc) is 2.81. The van der Waals surface area contributed by atoms with E-state index in [0.29, 0.717) is 17.2 Å². The van der Waals surface area contributed by atoms with Crippen LogP contribution in [0.15, 0.2) is 29.2 Å². The first-order valence-electron chi connectivity index (χ1n) is 7.21. The molecule has 7 heteroatoms. The number of amides is 3. The minimum Gasteiger partial charge on any atom is -0.497 e. The van der Waals surface area contributed by atoms with Crippen molar-refractivity contribution in [3.63, 3.8) is 0 Å². The van der Waals surface area contributed by atoms with Gasteiger partial charge in [0.2, 0.25) is 5.91 Å². The molecule has 0 radical (unpaired) electrons. The highest BCUT2D eigenvalue weighted by atomic mass is 32.2. The zero-order valence-electron chi connectivity index (χ0n) is 13.0. The predicted molar refractivity (Wildman–Crippen MR) is 89.0 cm³/mol. The lowest BCUT2D eigenvalue weighted by Gasteiger charge is -2.11. The van der Waals surface area contributed by atoms with Crippen LogP contribution < -0.4 is 10.1 Å². The van der Waals surface area contributed by atoms with Crippen molar-refractivity contribution in [2.75, 3.05) is 20.2 Å². The van der Waals surface area contributed by atoms with Gasteiger partial charge in [0, 0.05) is 6.54 Å². The minimum absolute atomic E-state index is 0.245. The first kappa shape index (κ1) is 17.1. The summed E-state index contributed by atoms with van der Waals surface area (Å²) in [7, 11) is 1.57. The molecule has 1 fully saturated rings. The zero-order valence-corrected chi connectivity index (χ0v) is 13.8. The topological polar surface area (TPSA) is 75.7 Å². The maximum absolute atomic E-state index is 12.3. The second kappa shape index (κ2) is 7.82. The molecule has 1 aromatic rings. The molecule has 0 bridgehead atoms. The van der Waals surface area contributed by atoms with Crippen LogP contribution in [0.5, 0.6) is 5.75 Å². The van der Waals surface area contributed by atoms with Crippen LogP contribution in [-0.4, -0.2) is 42.2 Å². The van der Waals surface area contributed by atoms with Gasteiger partial charge in [0.25, 0.3) is 11.1 Å². The van der Waals surface area contributed by atoms with Gasteiger partial charge in [-0.3, -0.25) is 19.3 Å². The summed E-state index contributed by atoms with van der Waals surface area (Å²) in [5, 5.41) is 2.22. The second-order valence-corrected chi connectivity index (χ2v) is 5.88. The Hall–Kier alpha value is -2.28. The highest BCUT2D eigenvalue weighted by molar-refractivity contribution is 8.18. The van der Waals surface area contributed by atoms with Gasteiger partial charge in [-0.2, -0.15) is 0 Å². The molecule has 1 heterocycles. The van der Waals surface area contributed by atoms with Crippen molar-refractivity contribution in [2.45, 2.75) is 13.3 Å². The van der Waals surface area contributed by atoms with E-state index in [2.05, 4.69) is 5.32 Å². The molecule has 0 aromatic heterocycles. The number of carbonyl (C=O) groups excluding carboxylic acids is 3. The van der Waals surface area contributed by atoms with Crippen LogP contribution in [0.1, 0.15) is 18.9 Å². The van der Waals surface area contributed by atoms with E-state index >= 15 is 0 Å². The number of carbonyl (C=O) groups is 3. The van der Waals surface area contributed by atoms with E-state index in [1.54, 1.807) is 37.5 Å². The fourth-order valence-electron chi connectivity index (χ4n) is 1.95. The molecule has 1 aromatic carbocycles. The average molecular weight is 334 g/mol. The van der Waals surface area contributed by atoms with Crippen molar-refractivity contribution in [1.29, 1.82) is 0 Å².